The second-order valence-corrected chi connectivity index (χ2v) is 6.76. The normalized spacial score (nSPS) is 36.5. The van der Waals surface area contributed by atoms with Gasteiger partial charge in [0, 0.05) is 25.0 Å². The van der Waals surface area contributed by atoms with E-state index in [1.165, 1.54) is 0 Å². The van der Waals surface area contributed by atoms with Gasteiger partial charge in [0.1, 0.15) is 0 Å². The first-order valence-corrected chi connectivity index (χ1v) is 6.24. The zero-order valence-corrected chi connectivity index (χ0v) is 11.1. The van der Waals surface area contributed by atoms with E-state index in [1.54, 1.807) is 0 Å². The summed E-state index contributed by atoms with van der Waals surface area (Å²) < 4.78 is 0. The number of rotatable bonds is 1. The molecule has 0 aromatic rings. The maximum Gasteiger partial charge on any atom is 0.226 e. The van der Waals surface area contributed by atoms with Crippen molar-refractivity contribution >= 4 is 5.91 Å². The van der Waals surface area contributed by atoms with Gasteiger partial charge in [0.25, 0.3) is 0 Å². The lowest BCUT2D eigenvalue weighted by Gasteiger charge is -2.17. The molecule has 16 heavy (non-hydrogen) atoms. The number of likely N-dealkylation sites (tertiary alicyclic amines) is 1. The van der Waals surface area contributed by atoms with Gasteiger partial charge in [-0.3, -0.25) is 4.79 Å². The Balaban J connectivity index is 2.07. The van der Waals surface area contributed by atoms with Crippen LogP contribution >= 0.6 is 0 Å². The first-order chi connectivity index (χ1) is 7.19. The molecule has 3 heteroatoms. The van der Waals surface area contributed by atoms with Gasteiger partial charge in [0.2, 0.25) is 5.91 Å². The molecule has 2 N–H and O–H groups in total. The minimum atomic E-state index is 0.139. The molecule has 0 aromatic heterocycles. The largest absolute Gasteiger partial charge is 0.341 e. The molecule has 1 amide bonds. The average molecular weight is 224 g/mol. The van der Waals surface area contributed by atoms with Crippen molar-refractivity contribution in [3.8, 4) is 0 Å². The van der Waals surface area contributed by atoms with Gasteiger partial charge in [-0.1, -0.05) is 34.6 Å². The number of carbonyl (C=O) groups excluding carboxylic acids is 1. The molecule has 0 bridgehead atoms. The zero-order valence-electron chi connectivity index (χ0n) is 11.1. The van der Waals surface area contributed by atoms with Crippen LogP contribution in [0.5, 0.6) is 0 Å². The van der Waals surface area contributed by atoms with Crippen molar-refractivity contribution in [2.75, 3.05) is 13.1 Å². The van der Waals surface area contributed by atoms with Gasteiger partial charge >= 0.3 is 0 Å². The Kier molecular flexibility index (Phi) is 2.40. The molecule has 0 aromatic carbocycles. The lowest BCUT2D eigenvalue weighted by atomic mass is 10.0. The van der Waals surface area contributed by atoms with E-state index in [1.807, 2.05) is 4.90 Å². The third-order valence-corrected chi connectivity index (χ3v) is 5.25. The molecule has 1 saturated carbocycles. The molecule has 1 saturated heterocycles. The molecule has 1 aliphatic carbocycles. The Bertz CT molecular complexity index is 298. The van der Waals surface area contributed by atoms with Gasteiger partial charge in [-0.25, -0.2) is 0 Å². The lowest BCUT2D eigenvalue weighted by molar-refractivity contribution is -0.132. The molecular weight excluding hydrogens is 200 g/mol. The fourth-order valence-electron chi connectivity index (χ4n) is 3.17. The van der Waals surface area contributed by atoms with Crippen molar-refractivity contribution in [2.45, 2.75) is 40.7 Å². The van der Waals surface area contributed by atoms with Crippen molar-refractivity contribution in [3.63, 3.8) is 0 Å². The van der Waals surface area contributed by atoms with Crippen LogP contribution in [-0.4, -0.2) is 29.9 Å². The summed E-state index contributed by atoms with van der Waals surface area (Å²) in [6, 6.07) is 0.161. The third-order valence-electron chi connectivity index (χ3n) is 5.25. The maximum atomic E-state index is 12.4. The van der Waals surface area contributed by atoms with Crippen LogP contribution in [-0.2, 0) is 4.79 Å². The molecule has 1 aliphatic heterocycles. The number of nitrogens with zero attached hydrogens (tertiary/aromatic N) is 1. The summed E-state index contributed by atoms with van der Waals surface area (Å²) in [6.07, 6.45) is 0. The summed E-state index contributed by atoms with van der Waals surface area (Å²) in [5.74, 6) is 0.932. The minimum absolute atomic E-state index is 0.139. The number of hydrogen-bond donors (Lipinski definition) is 1. The Morgan fingerprint density at radius 3 is 2.00 bits per heavy atom. The average Bonchev–Trinajstić information content (AvgIpc) is 2.39. The molecule has 2 atom stereocenters. The number of nitrogens with two attached hydrogens (primary N) is 1. The van der Waals surface area contributed by atoms with Crippen molar-refractivity contribution < 1.29 is 4.79 Å². The van der Waals surface area contributed by atoms with Crippen molar-refractivity contribution in [1.29, 1.82) is 0 Å². The molecule has 92 valence electrons. The van der Waals surface area contributed by atoms with Gasteiger partial charge in [0.15, 0.2) is 0 Å². The third kappa shape index (κ3) is 1.41. The fourth-order valence-corrected chi connectivity index (χ4v) is 3.17. The predicted octanol–water partition coefficient (Wildman–Crippen LogP) is 1.47. The van der Waals surface area contributed by atoms with Crippen LogP contribution in [0.15, 0.2) is 0 Å². The molecule has 2 fully saturated rings. The van der Waals surface area contributed by atoms with E-state index in [-0.39, 0.29) is 22.8 Å². The topological polar surface area (TPSA) is 46.3 Å². The Morgan fingerprint density at radius 2 is 1.69 bits per heavy atom. The molecule has 2 aliphatic rings. The molecule has 0 spiro atoms. The minimum Gasteiger partial charge on any atom is -0.341 e. The van der Waals surface area contributed by atoms with Gasteiger partial charge in [-0.05, 0) is 16.7 Å². The zero-order chi connectivity index (χ0) is 12.3. The summed E-state index contributed by atoms with van der Waals surface area (Å²) in [5, 5.41) is 0. The highest BCUT2D eigenvalue weighted by atomic mass is 16.2. The summed E-state index contributed by atoms with van der Waals surface area (Å²) in [4.78, 5) is 14.4. The van der Waals surface area contributed by atoms with Gasteiger partial charge in [0.05, 0.1) is 0 Å². The first-order valence-electron chi connectivity index (χ1n) is 6.24. The highest BCUT2D eigenvalue weighted by Gasteiger charge is 2.69. The van der Waals surface area contributed by atoms with Crippen molar-refractivity contribution in [1.82, 2.24) is 4.90 Å². The Hall–Kier alpha value is -0.570. The smallest absolute Gasteiger partial charge is 0.226 e. The highest BCUT2D eigenvalue weighted by molar-refractivity contribution is 5.84. The summed E-state index contributed by atoms with van der Waals surface area (Å²) >= 11 is 0. The van der Waals surface area contributed by atoms with Crippen LogP contribution in [0.2, 0.25) is 0 Å². The molecule has 2 unspecified atom stereocenters. The van der Waals surface area contributed by atoms with Crippen LogP contribution in [0, 0.1) is 22.7 Å². The fraction of sp³-hybridized carbons (Fsp3) is 0.923. The monoisotopic (exact) mass is 224 g/mol. The van der Waals surface area contributed by atoms with Crippen LogP contribution in [0.3, 0.4) is 0 Å². The quantitative estimate of drug-likeness (QED) is 0.733. The SMILES string of the molecule is CC1CN(C(=O)C2C(C)(C)C2(C)C)CC1N. The van der Waals surface area contributed by atoms with Gasteiger partial charge in [-0.15, -0.1) is 0 Å². The van der Waals surface area contributed by atoms with Gasteiger partial charge in [-0.2, -0.15) is 0 Å². The van der Waals surface area contributed by atoms with E-state index in [0.29, 0.717) is 11.8 Å². The van der Waals surface area contributed by atoms with E-state index in [9.17, 15) is 4.79 Å². The van der Waals surface area contributed by atoms with E-state index in [4.69, 9.17) is 5.73 Å². The molecule has 1 heterocycles. The second-order valence-electron chi connectivity index (χ2n) is 6.76. The standard InChI is InChI=1S/C13H24N2O/c1-8-6-15(7-9(8)14)11(16)10-12(2,3)13(10,4)5/h8-10H,6-7,14H2,1-5H3. The Morgan fingerprint density at radius 1 is 1.19 bits per heavy atom. The van der Waals surface area contributed by atoms with E-state index < -0.39 is 0 Å². The van der Waals surface area contributed by atoms with Crippen LogP contribution in [0.4, 0.5) is 0 Å². The molecule has 0 radical (unpaired) electrons. The Labute approximate surface area is 98.4 Å². The highest BCUT2D eigenvalue weighted by Crippen LogP contribution is 2.68. The van der Waals surface area contributed by atoms with Gasteiger partial charge < -0.3 is 10.6 Å². The molecular formula is C13H24N2O. The summed E-state index contributed by atoms with van der Waals surface area (Å²) in [6.45, 7) is 12.5. The molecule has 2 rings (SSSR count). The van der Waals surface area contributed by atoms with Crippen molar-refractivity contribution in [2.24, 2.45) is 28.4 Å². The summed E-state index contributed by atoms with van der Waals surface area (Å²) in [5.41, 5.74) is 6.25. The second kappa shape index (κ2) is 3.22. The lowest BCUT2D eigenvalue weighted by Crippen LogP contribution is -2.34. The van der Waals surface area contributed by atoms with Crippen LogP contribution in [0.1, 0.15) is 34.6 Å². The van der Waals surface area contributed by atoms with E-state index in [0.717, 1.165) is 13.1 Å². The number of amides is 1. The van der Waals surface area contributed by atoms with Crippen LogP contribution in [0.25, 0.3) is 0 Å². The van der Waals surface area contributed by atoms with Crippen LogP contribution < -0.4 is 5.73 Å². The first kappa shape index (κ1) is 11.9. The number of hydrogen-bond acceptors (Lipinski definition) is 2. The van der Waals surface area contributed by atoms with E-state index in [2.05, 4.69) is 34.6 Å². The predicted molar refractivity (Wildman–Crippen MR) is 64.8 cm³/mol. The molecule has 3 nitrogen and oxygen atoms in total. The van der Waals surface area contributed by atoms with E-state index >= 15 is 0 Å². The maximum absolute atomic E-state index is 12.4. The summed E-state index contributed by atoms with van der Waals surface area (Å²) in [7, 11) is 0. The number of carbonyl (C=O) groups is 1. The van der Waals surface area contributed by atoms with Crippen molar-refractivity contribution in [3.05, 3.63) is 0 Å².